The molecule has 1 rings (SSSR count). The minimum atomic E-state index is -1.23. The summed E-state index contributed by atoms with van der Waals surface area (Å²) >= 11 is 4.29. The molecule has 0 saturated heterocycles. The first kappa shape index (κ1) is 12.2. The Labute approximate surface area is 85.1 Å². The van der Waals surface area contributed by atoms with Crippen LogP contribution in [0.3, 0.4) is 0 Å². The number of benzene rings is 1. The Balaban J connectivity index is 0.00000144. The van der Waals surface area contributed by atoms with Crippen molar-refractivity contribution in [3.05, 3.63) is 33.3 Å². The van der Waals surface area contributed by atoms with Crippen molar-refractivity contribution < 1.29 is 14.1 Å². The number of nitro groups is 1. The summed E-state index contributed by atoms with van der Waals surface area (Å²) in [5.74, 6) is 0. The molecule has 2 N–H and O–H groups in total. The molecule has 0 radical (unpaired) electrons. The first-order valence-corrected chi connectivity index (χ1v) is 5.00. The fraction of sp³-hybridized carbons (Fsp3) is 0. The van der Waals surface area contributed by atoms with Crippen LogP contribution in [0.5, 0.6) is 0 Å². The van der Waals surface area contributed by atoms with E-state index in [9.17, 15) is 13.9 Å². The molecule has 0 fully saturated rings. The van der Waals surface area contributed by atoms with E-state index in [-0.39, 0.29) is 16.2 Å². The van der Waals surface area contributed by atoms with Gasteiger partial charge in [-0.05, 0) is 0 Å². The summed E-state index contributed by atoms with van der Waals surface area (Å²) < 4.78 is 10.9. The monoisotopic (exact) mass is 265 g/mol. The number of hydrogen-bond donors (Lipinski definition) is 0. The number of rotatable bonds is 2. The Kier molecular flexibility index (Phi) is 4.76. The minimum absolute atomic E-state index is 0. The predicted molar refractivity (Wildman–Crippen MR) is 47.8 cm³/mol. The van der Waals surface area contributed by atoms with Crippen LogP contribution in [0.4, 0.5) is 5.69 Å². The predicted octanol–water partition coefficient (Wildman–Crippen LogP) is 0.0985. The second-order valence-electron chi connectivity index (χ2n) is 1.98. The average Bonchev–Trinajstić information content (AvgIpc) is 2.05. The molecule has 5 nitrogen and oxygen atoms in total. The Morgan fingerprint density at radius 3 is 2.54 bits per heavy atom. The zero-order chi connectivity index (χ0) is 9.14. The fourth-order valence-electron chi connectivity index (χ4n) is 0.698. The van der Waals surface area contributed by atoms with Gasteiger partial charge in [0.2, 0.25) is 0 Å². The van der Waals surface area contributed by atoms with Gasteiger partial charge in [-0.15, -0.1) is 0 Å². The van der Waals surface area contributed by atoms with Gasteiger partial charge in [-0.2, -0.15) is 0 Å². The van der Waals surface area contributed by atoms with Crippen molar-refractivity contribution in [2.75, 3.05) is 0 Å². The van der Waals surface area contributed by atoms with Crippen LogP contribution in [0, 0.1) is 10.1 Å². The zero-order valence-electron chi connectivity index (χ0n) is 6.23. The molecular formula is C6H5AsClNO4. The summed E-state index contributed by atoms with van der Waals surface area (Å²) in [4.78, 5) is 9.72. The number of halogens is 1. The molecule has 0 aliphatic heterocycles. The third-order valence-corrected chi connectivity index (χ3v) is 2.58. The van der Waals surface area contributed by atoms with Crippen LogP contribution in [0.1, 0.15) is 0 Å². The van der Waals surface area contributed by atoms with Crippen LogP contribution in [-0.2, 0) is 3.74 Å². The molecule has 0 aliphatic carbocycles. The third-order valence-electron chi connectivity index (χ3n) is 1.23. The molecule has 13 heavy (non-hydrogen) atoms. The van der Waals surface area contributed by atoms with Crippen molar-refractivity contribution in [3.63, 3.8) is 0 Å². The van der Waals surface area contributed by atoms with Gasteiger partial charge in [-0.1, -0.05) is 0 Å². The quantitative estimate of drug-likeness (QED) is 0.431. The van der Waals surface area contributed by atoms with Crippen LogP contribution in [0.2, 0.25) is 5.02 Å². The summed E-state index contributed by atoms with van der Waals surface area (Å²) in [7, 11) is 0. The van der Waals surface area contributed by atoms with E-state index in [2.05, 4.69) is 0 Å². The van der Waals surface area contributed by atoms with Crippen molar-refractivity contribution in [3.8, 4) is 0 Å². The first-order valence-electron chi connectivity index (χ1n) is 2.92. The van der Waals surface area contributed by atoms with Crippen LogP contribution < -0.4 is 4.35 Å². The molecule has 0 bridgehead atoms. The standard InChI is InChI=1S/C6H3AsClNO3.H2O/c8-5-2-1-4(7-10)3-6(5)9(11)12;/h1-3H;1H2. The summed E-state index contributed by atoms with van der Waals surface area (Å²) in [6, 6.07) is 4.13. The SMILES string of the molecule is O.O=[As]c1ccc(Cl)c([N+](=O)[O-])c1. The van der Waals surface area contributed by atoms with Gasteiger partial charge in [0.25, 0.3) is 0 Å². The van der Waals surface area contributed by atoms with Gasteiger partial charge in [0.05, 0.1) is 0 Å². The normalized spacial score (nSPS) is 9.31. The summed E-state index contributed by atoms with van der Waals surface area (Å²) in [6.07, 6.45) is 0. The average molecular weight is 265 g/mol. The topological polar surface area (TPSA) is 91.7 Å². The first-order chi connectivity index (χ1) is 5.65. The van der Waals surface area contributed by atoms with Gasteiger partial charge in [0.1, 0.15) is 0 Å². The van der Waals surface area contributed by atoms with Crippen LogP contribution >= 0.6 is 11.6 Å². The summed E-state index contributed by atoms with van der Waals surface area (Å²) in [5, 5.41) is 10.4. The van der Waals surface area contributed by atoms with Crippen molar-refractivity contribution in [1.82, 2.24) is 0 Å². The number of hydrogen-bond acceptors (Lipinski definition) is 3. The van der Waals surface area contributed by atoms with E-state index < -0.39 is 20.6 Å². The van der Waals surface area contributed by atoms with Crippen molar-refractivity contribution >= 4 is 37.3 Å². The van der Waals surface area contributed by atoms with Crippen molar-refractivity contribution in [1.29, 1.82) is 0 Å². The number of nitrogens with zero attached hydrogens (tertiary/aromatic N) is 1. The molecule has 7 heteroatoms. The second kappa shape index (κ2) is 5.07. The van der Waals surface area contributed by atoms with Gasteiger partial charge in [0.15, 0.2) is 0 Å². The summed E-state index contributed by atoms with van der Waals surface area (Å²) in [5.41, 5.74) is -0.194. The summed E-state index contributed by atoms with van der Waals surface area (Å²) in [6.45, 7) is 0. The van der Waals surface area contributed by atoms with E-state index in [1.54, 1.807) is 0 Å². The molecule has 0 amide bonds. The van der Waals surface area contributed by atoms with Crippen LogP contribution in [0.25, 0.3) is 0 Å². The maximum atomic E-state index is 10.4. The molecule has 1 aromatic carbocycles. The Morgan fingerprint density at radius 2 is 2.08 bits per heavy atom. The van der Waals surface area contributed by atoms with Crippen LogP contribution in [0.15, 0.2) is 18.2 Å². The molecule has 0 aliphatic rings. The van der Waals surface area contributed by atoms with Crippen molar-refractivity contribution in [2.24, 2.45) is 0 Å². The molecule has 0 saturated carbocycles. The van der Waals surface area contributed by atoms with Gasteiger partial charge >= 0.3 is 79.3 Å². The van der Waals surface area contributed by atoms with E-state index in [1.807, 2.05) is 0 Å². The van der Waals surface area contributed by atoms with E-state index in [1.165, 1.54) is 18.2 Å². The molecular weight excluding hydrogens is 260 g/mol. The maximum absolute atomic E-state index is 10.4. The van der Waals surface area contributed by atoms with Crippen LogP contribution in [-0.4, -0.2) is 26.1 Å². The van der Waals surface area contributed by atoms with E-state index in [4.69, 9.17) is 11.6 Å². The molecule has 1 aromatic rings. The fourth-order valence-corrected chi connectivity index (χ4v) is 1.54. The molecule has 0 unspecified atom stereocenters. The van der Waals surface area contributed by atoms with E-state index in [0.717, 1.165) is 0 Å². The third kappa shape index (κ3) is 2.88. The molecule has 0 spiro atoms. The molecule has 70 valence electrons. The van der Waals surface area contributed by atoms with Gasteiger partial charge in [-0.25, -0.2) is 0 Å². The Hall–Kier alpha value is -0.772. The van der Waals surface area contributed by atoms with Gasteiger partial charge < -0.3 is 5.48 Å². The zero-order valence-corrected chi connectivity index (χ0v) is 8.86. The van der Waals surface area contributed by atoms with Gasteiger partial charge in [0, 0.05) is 0 Å². The molecule has 0 aromatic heterocycles. The van der Waals surface area contributed by atoms with Gasteiger partial charge in [-0.3, -0.25) is 0 Å². The Bertz CT molecular complexity index is 343. The van der Waals surface area contributed by atoms with E-state index >= 15 is 0 Å². The Morgan fingerprint density at radius 1 is 1.46 bits per heavy atom. The second-order valence-corrected chi connectivity index (χ2v) is 3.86. The van der Waals surface area contributed by atoms with Crippen molar-refractivity contribution in [2.45, 2.75) is 0 Å². The number of nitro benzene ring substituents is 1. The van der Waals surface area contributed by atoms with E-state index in [0.29, 0.717) is 4.35 Å². The molecule has 0 heterocycles. The molecule has 0 atom stereocenters.